The molecule has 0 bridgehead atoms. The van der Waals surface area contributed by atoms with E-state index in [0.717, 1.165) is 12.8 Å². The maximum absolute atomic E-state index is 13.6. The fourth-order valence-electron chi connectivity index (χ4n) is 2.92. The summed E-state index contributed by atoms with van der Waals surface area (Å²) in [6.45, 7) is 6.86. The van der Waals surface area contributed by atoms with Crippen LogP contribution in [0.25, 0.3) is 0 Å². The molecule has 2 aromatic rings. The predicted octanol–water partition coefficient (Wildman–Crippen LogP) is 4.64. The highest BCUT2D eigenvalue weighted by Crippen LogP contribution is 2.13. The lowest BCUT2D eigenvalue weighted by Crippen LogP contribution is -2.27. The number of aromatic nitrogens is 1. The van der Waals surface area contributed by atoms with Crippen molar-refractivity contribution >= 4 is 23.2 Å². The Balaban J connectivity index is 1.71. The molecule has 30 heavy (non-hydrogen) atoms. The molecule has 0 fully saturated rings. The summed E-state index contributed by atoms with van der Waals surface area (Å²) in [5, 5.41) is 7.97. The Morgan fingerprint density at radius 1 is 1.23 bits per heavy atom. The monoisotopic (exact) mass is 431 g/mol. The number of nitrogens with zero attached hydrogens (tertiary/aromatic N) is 1. The average Bonchev–Trinajstić information content (AvgIpc) is 3.16. The molecule has 0 saturated heterocycles. The number of amides is 2. The van der Waals surface area contributed by atoms with Gasteiger partial charge in [0.15, 0.2) is 0 Å². The summed E-state index contributed by atoms with van der Waals surface area (Å²) in [6.07, 6.45) is 5.04. The van der Waals surface area contributed by atoms with Gasteiger partial charge in [-0.2, -0.15) is 0 Å². The first-order chi connectivity index (χ1) is 14.3. The lowest BCUT2D eigenvalue weighted by molar-refractivity contribution is -0.122. The summed E-state index contributed by atoms with van der Waals surface area (Å²) in [6, 6.07) is 6.51. The molecule has 1 aromatic carbocycles. The van der Waals surface area contributed by atoms with Gasteiger partial charge < -0.3 is 10.6 Å². The molecule has 0 aliphatic rings. The van der Waals surface area contributed by atoms with Crippen LogP contribution in [0.5, 0.6) is 0 Å². The number of nitrogens with one attached hydrogen (secondary N) is 2. The molecule has 2 rings (SSSR count). The zero-order chi connectivity index (χ0) is 21.9. The molecular formula is C23H30FN3O2S. The van der Waals surface area contributed by atoms with Crippen molar-refractivity contribution in [2.75, 3.05) is 6.54 Å². The van der Waals surface area contributed by atoms with Crippen molar-refractivity contribution in [1.29, 1.82) is 0 Å². The highest BCUT2D eigenvalue weighted by atomic mass is 32.1. The molecule has 0 radical (unpaired) electrons. The largest absolute Gasteiger partial charge is 0.350 e. The highest BCUT2D eigenvalue weighted by molar-refractivity contribution is 7.09. The number of carbonyl (C=O) groups is 2. The van der Waals surface area contributed by atoms with Gasteiger partial charge in [-0.1, -0.05) is 36.8 Å². The molecular weight excluding hydrogens is 401 g/mol. The second-order valence-electron chi connectivity index (χ2n) is 7.67. The van der Waals surface area contributed by atoms with E-state index in [0.29, 0.717) is 48.1 Å². The summed E-state index contributed by atoms with van der Waals surface area (Å²) in [7, 11) is 0. The minimum Gasteiger partial charge on any atom is -0.350 e. The molecule has 1 atom stereocenters. The lowest BCUT2D eigenvalue weighted by atomic mass is 10.0. The van der Waals surface area contributed by atoms with Crippen molar-refractivity contribution in [3.05, 3.63) is 63.4 Å². The van der Waals surface area contributed by atoms with Crippen LogP contribution in [0.1, 0.15) is 61.1 Å². The lowest BCUT2D eigenvalue weighted by Gasteiger charge is -2.10. The standard InChI is InChI=1S/C23H30FN3O2S/c1-16(2)7-6-8-17(3)13-21(28)26-14-22-27-20(15-30-22)23(29)25-12-11-18-9-4-5-10-19(18)24/h4-5,7,9-10,15,17H,6,8,11-14H2,1-3H3,(H,25,29)(H,26,28). The Morgan fingerprint density at radius 3 is 2.73 bits per heavy atom. The second-order valence-corrected chi connectivity index (χ2v) is 8.61. The molecule has 0 spiro atoms. The molecule has 0 saturated carbocycles. The molecule has 0 aliphatic carbocycles. The van der Waals surface area contributed by atoms with Gasteiger partial charge in [-0.15, -0.1) is 11.3 Å². The van der Waals surface area contributed by atoms with Crippen LogP contribution in [0.4, 0.5) is 4.39 Å². The Morgan fingerprint density at radius 2 is 2.00 bits per heavy atom. The fraction of sp³-hybridized carbons (Fsp3) is 0.435. The van der Waals surface area contributed by atoms with Crippen LogP contribution in [0.3, 0.4) is 0 Å². The van der Waals surface area contributed by atoms with E-state index in [-0.39, 0.29) is 17.6 Å². The number of carbonyl (C=O) groups excluding carboxylic acids is 2. The molecule has 1 heterocycles. The van der Waals surface area contributed by atoms with Gasteiger partial charge in [0.2, 0.25) is 5.91 Å². The van der Waals surface area contributed by atoms with Crippen molar-refractivity contribution in [3.63, 3.8) is 0 Å². The summed E-state index contributed by atoms with van der Waals surface area (Å²) in [5.41, 5.74) is 2.17. The Hall–Kier alpha value is -2.54. The summed E-state index contributed by atoms with van der Waals surface area (Å²) < 4.78 is 13.6. The van der Waals surface area contributed by atoms with Crippen molar-refractivity contribution in [2.24, 2.45) is 5.92 Å². The van der Waals surface area contributed by atoms with Crippen molar-refractivity contribution in [3.8, 4) is 0 Å². The van der Waals surface area contributed by atoms with E-state index < -0.39 is 0 Å². The number of benzene rings is 1. The van der Waals surface area contributed by atoms with Crippen molar-refractivity contribution < 1.29 is 14.0 Å². The quantitative estimate of drug-likeness (QED) is 0.509. The van der Waals surface area contributed by atoms with E-state index in [2.05, 4.69) is 42.5 Å². The van der Waals surface area contributed by atoms with Crippen molar-refractivity contribution in [2.45, 2.75) is 53.0 Å². The minimum atomic E-state index is -0.298. The Kier molecular flexibility index (Phi) is 9.67. The molecule has 162 valence electrons. The normalized spacial score (nSPS) is 11.6. The van der Waals surface area contributed by atoms with Crippen LogP contribution >= 0.6 is 11.3 Å². The van der Waals surface area contributed by atoms with Crippen LogP contribution in [-0.2, 0) is 17.8 Å². The number of halogens is 1. The van der Waals surface area contributed by atoms with Crippen LogP contribution in [0.2, 0.25) is 0 Å². The van der Waals surface area contributed by atoms with Crippen LogP contribution in [-0.4, -0.2) is 23.3 Å². The maximum Gasteiger partial charge on any atom is 0.270 e. The molecule has 2 N–H and O–H groups in total. The number of hydrogen-bond donors (Lipinski definition) is 2. The number of rotatable bonds is 11. The fourth-order valence-corrected chi connectivity index (χ4v) is 3.63. The van der Waals surface area contributed by atoms with E-state index in [4.69, 9.17) is 0 Å². The van der Waals surface area contributed by atoms with Gasteiger partial charge in [-0.25, -0.2) is 9.37 Å². The molecule has 0 aliphatic heterocycles. The van der Waals surface area contributed by atoms with Crippen LogP contribution in [0, 0.1) is 11.7 Å². The van der Waals surface area contributed by atoms with E-state index in [1.165, 1.54) is 23.0 Å². The van der Waals surface area contributed by atoms with Gasteiger partial charge in [0, 0.05) is 18.3 Å². The first-order valence-electron chi connectivity index (χ1n) is 10.2. The van der Waals surface area contributed by atoms with Gasteiger partial charge in [-0.3, -0.25) is 9.59 Å². The maximum atomic E-state index is 13.6. The first-order valence-corrected chi connectivity index (χ1v) is 11.1. The molecule has 2 amide bonds. The van der Waals surface area contributed by atoms with E-state index >= 15 is 0 Å². The molecule has 1 unspecified atom stereocenters. The third-order valence-electron chi connectivity index (χ3n) is 4.60. The van der Waals surface area contributed by atoms with Gasteiger partial charge in [-0.05, 0) is 50.7 Å². The smallest absolute Gasteiger partial charge is 0.270 e. The first kappa shape index (κ1) is 23.7. The molecule has 7 heteroatoms. The zero-order valence-corrected chi connectivity index (χ0v) is 18.7. The van der Waals surface area contributed by atoms with Gasteiger partial charge >= 0.3 is 0 Å². The second kappa shape index (κ2) is 12.2. The third-order valence-corrected chi connectivity index (χ3v) is 5.45. The summed E-state index contributed by atoms with van der Waals surface area (Å²) in [4.78, 5) is 28.6. The molecule has 5 nitrogen and oxygen atoms in total. The third kappa shape index (κ3) is 8.45. The van der Waals surface area contributed by atoms with E-state index in [1.54, 1.807) is 23.6 Å². The van der Waals surface area contributed by atoms with Crippen molar-refractivity contribution in [1.82, 2.24) is 15.6 Å². The average molecular weight is 432 g/mol. The van der Waals surface area contributed by atoms with Gasteiger partial charge in [0.25, 0.3) is 5.91 Å². The Bertz CT molecular complexity index is 875. The van der Waals surface area contributed by atoms with Gasteiger partial charge in [0.1, 0.15) is 16.5 Å². The number of thiazole rings is 1. The van der Waals surface area contributed by atoms with E-state index in [1.807, 2.05) is 0 Å². The van der Waals surface area contributed by atoms with Crippen LogP contribution < -0.4 is 10.6 Å². The summed E-state index contributed by atoms with van der Waals surface area (Å²) in [5.74, 6) is -0.267. The minimum absolute atomic E-state index is 0.00853. The number of allylic oxidation sites excluding steroid dienone is 2. The predicted molar refractivity (Wildman–Crippen MR) is 119 cm³/mol. The zero-order valence-electron chi connectivity index (χ0n) is 17.8. The van der Waals surface area contributed by atoms with Gasteiger partial charge in [0.05, 0.1) is 6.54 Å². The van der Waals surface area contributed by atoms with Crippen LogP contribution in [0.15, 0.2) is 41.3 Å². The number of hydrogen-bond acceptors (Lipinski definition) is 4. The van der Waals surface area contributed by atoms with E-state index in [9.17, 15) is 14.0 Å². The SMILES string of the molecule is CC(C)=CCCC(C)CC(=O)NCc1nc(C(=O)NCCc2ccccc2F)cs1. The Labute approximate surface area is 181 Å². The topological polar surface area (TPSA) is 71.1 Å². The summed E-state index contributed by atoms with van der Waals surface area (Å²) >= 11 is 1.33. The molecule has 1 aromatic heterocycles. The highest BCUT2D eigenvalue weighted by Gasteiger charge is 2.13.